The summed E-state index contributed by atoms with van der Waals surface area (Å²) >= 11 is 0. The van der Waals surface area contributed by atoms with Crippen LogP contribution in [0, 0.1) is 13.8 Å². The third-order valence-corrected chi connectivity index (χ3v) is 3.93. The predicted molar refractivity (Wildman–Crippen MR) is 102 cm³/mol. The van der Waals surface area contributed by atoms with E-state index < -0.39 is 0 Å². The molecule has 6 nitrogen and oxygen atoms in total. The molecule has 1 heterocycles. The lowest BCUT2D eigenvalue weighted by Gasteiger charge is -2.20. The molecule has 0 aliphatic rings. The van der Waals surface area contributed by atoms with E-state index in [2.05, 4.69) is 10.6 Å². The summed E-state index contributed by atoms with van der Waals surface area (Å²) in [5.74, 6) is 0.302. The van der Waals surface area contributed by atoms with Gasteiger partial charge in [-0.15, -0.1) is 0 Å². The molecule has 1 aromatic carbocycles. The number of carbonyl (C=O) groups is 2. The van der Waals surface area contributed by atoms with Crippen molar-refractivity contribution >= 4 is 11.8 Å². The Kier molecular flexibility index (Phi) is 5.75. The van der Waals surface area contributed by atoms with Gasteiger partial charge in [0.05, 0.1) is 19.2 Å². The number of nitrogens with zero attached hydrogens (tertiary/aromatic N) is 1. The zero-order valence-corrected chi connectivity index (χ0v) is 16.3. The number of benzene rings is 1. The molecule has 0 unspecified atom stereocenters. The normalized spacial score (nSPS) is 11.2. The van der Waals surface area contributed by atoms with Crippen molar-refractivity contribution in [2.45, 2.75) is 40.2 Å². The molecular formula is C20H27N3O3. The van der Waals surface area contributed by atoms with Crippen LogP contribution in [0.2, 0.25) is 0 Å². The van der Waals surface area contributed by atoms with E-state index in [1.807, 2.05) is 69.5 Å². The Balaban J connectivity index is 2.15. The van der Waals surface area contributed by atoms with Crippen LogP contribution < -0.4 is 15.4 Å². The van der Waals surface area contributed by atoms with Gasteiger partial charge in [0.1, 0.15) is 5.75 Å². The molecule has 2 rings (SSSR count). The number of aromatic nitrogens is 1. The lowest BCUT2D eigenvalue weighted by atomic mass is 10.1. The summed E-state index contributed by atoms with van der Waals surface area (Å²) in [6, 6.07) is 9.47. The second-order valence-electron chi connectivity index (χ2n) is 7.30. The van der Waals surface area contributed by atoms with Gasteiger partial charge in [-0.1, -0.05) is 0 Å². The fraction of sp³-hybridized carbons (Fsp3) is 0.400. The first-order chi connectivity index (χ1) is 12.1. The Morgan fingerprint density at radius 1 is 1.12 bits per heavy atom. The number of amides is 2. The monoisotopic (exact) mass is 357 g/mol. The van der Waals surface area contributed by atoms with Crippen LogP contribution in [-0.4, -0.2) is 35.6 Å². The molecule has 0 radical (unpaired) electrons. The van der Waals surface area contributed by atoms with Crippen molar-refractivity contribution in [3.63, 3.8) is 0 Å². The van der Waals surface area contributed by atoms with Gasteiger partial charge in [-0.05, 0) is 65.0 Å². The van der Waals surface area contributed by atoms with Crippen molar-refractivity contribution in [3.8, 4) is 11.4 Å². The molecule has 140 valence electrons. The number of rotatable bonds is 5. The van der Waals surface area contributed by atoms with Crippen molar-refractivity contribution in [2.75, 3.05) is 13.7 Å². The first kappa shape index (κ1) is 19.6. The van der Waals surface area contributed by atoms with E-state index in [1.54, 1.807) is 7.11 Å². The molecule has 6 heteroatoms. The molecule has 0 saturated carbocycles. The topological polar surface area (TPSA) is 72.4 Å². The Morgan fingerprint density at radius 2 is 1.73 bits per heavy atom. The molecular weight excluding hydrogens is 330 g/mol. The molecule has 0 atom stereocenters. The molecule has 0 spiro atoms. The fourth-order valence-corrected chi connectivity index (χ4v) is 2.84. The van der Waals surface area contributed by atoms with E-state index in [0.717, 1.165) is 22.8 Å². The van der Waals surface area contributed by atoms with E-state index in [-0.39, 0.29) is 23.9 Å². The van der Waals surface area contributed by atoms with Gasteiger partial charge in [0, 0.05) is 22.6 Å². The smallest absolute Gasteiger partial charge is 0.253 e. The Labute approximate surface area is 154 Å². The van der Waals surface area contributed by atoms with E-state index in [4.69, 9.17) is 4.74 Å². The summed E-state index contributed by atoms with van der Waals surface area (Å²) in [6.07, 6.45) is 0. The van der Waals surface area contributed by atoms with Crippen molar-refractivity contribution < 1.29 is 14.3 Å². The Morgan fingerprint density at radius 3 is 2.27 bits per heavy atom. The standard InChI is InChI=1S/C20H27N3O3/c1-13-11-17(19(25)21-12-18(24)22-20(3,4)5)14(2)23(13)15-7-9-16(26-6)10-8-15/h7-11H,12H2,1-6H3,(H,21,25)(H,22,24). The summed E-state index contributed by atoms with van der Waals surface area (Å²) in [4.78, 5) is 24.4. The summed E-state index contributed by atoms with van der Waals surface area (Å²) in [5, 5.41) is 5.51. The lowest BCUT2D eigenvalue weighted by Crippen LogP contribution is -2.45. The number of hydrogen-bond acceptors (Lipinski definition) is 3. The van der Waals surface area contributed by atoms with Crippen molar-refractivity contribution in [3.05, 3.63) is 47.3 Å². The van der Waals surface area contributed by atoms with E-state index >= 15 is 0 Å². The minimum Gasteiger partial charge on any atom is -0.497 e. The minimum atomic E-state index is -0.327. The van der Waals surface area contributed by atoms with Crippen molar-refractivity contribution in [1.82, 2.24) is 15.2 Å². The Bertz CT molecular complexity index is 799. The maximum absolute atomic E-state index is 12.5. The average molecular weight is 357 g/mol. The molecule has 2 aromatic rings. The largest absolute Gasteiger partial charge is 0.497 e. The number of ether oxygens (including phenoxy) is 1. The number of nitrogens with one attached hydrogen (secondary N) is 2. The maximum atomic E-state index is 12.5. The third kappa shape index (κ3) is 4.65. The van der Waals surface area contributed by atoms with Gasteiger partial charge in [-0.2, -0.15) is 0 Å². The number of methoxy groups -OCH3 is 1. The Hall–Kier alpha value is -2.76. The molecule has 0 aliphatic carbocycles. The van der Waals surface area contributed by atoms with E-state index in [9.17, 15) is 9.59 Å². The summed E-state index contributed by atoms with van der Waals surface area (Å²) < 4.78 is 7.19. The molecule has 0 saturated heterocycles. The molecule has 0 aliphatic heterocycles. The molecule has 26 heavy (non-hydrogen) atoms. The van der Waals surface area contributed by atoms with Crippen LogP contribution in [0.15, 0.2) is 30.3 Å². The number of carbonyl (C=O) groups excluding carboxylic acids is 2. The van der Waals surface area contributed by atoms with Crippen LogP contribution in [-0.2, 0) is 4.79 Å². The second kappa shape index (κ2) is 7.64. The molecule has 0 bridgehead atoms. The highest BCUT2D eigenvalue weighted by molar-refractivity contribution is 5.98. The highest BCUT2D eigenvalue weighted by Gasteiger charge is 2.19. The SMILES string of the molecule is COc1ccc(-n2c(C)cc(C(=O)NCC(=O)NC(C)(C)C)c2C)cc1. The van der Waals surface area contributed by atoms with Gasteiger partial charge in [0.25, 0.3) is 5.91 Å². The molecule has 0 fully saturated rings. The zero-order chi connectivity index (χ0) is 19.5. The first-order valence-corrected chi connectivity index (χ1v) is 8.55. The number of aryl methyl sites for hydroxylation is 1. The highest BCUT2D eigenvalue weighted by atomic mass is 16.5. The van der Waals surface area contributed by atoms with Crippen LogP contribution in [0.1, 0.15) is 42.5 Å². The lowest BCUT2D eigenvalue weighted by molar-refractivity contribution is -0.121. The molecule has 2 N–H and O–H groups in total. The summed E-state index contributed by atoms with van der Waals surface area (Å²) in [6.45, 7) is 9.48. The third-order valence-electron chi connectivity index (χ3n) is 3.93. The quantitative estimate of drug-likeness (QED) is 0.864. The zero-order valence-electron chi connectivity index (χ0n) is 16.3. The van der Waals surface area contributed by atoms with E-state index in [1.165, 1.54) is 0 Å². The van der Waals surface area contributed by atoms with Crippen molar-refractivity contribution in [1.29, 1.82) is 0 Å². The first-order valence-electron chi connectivity index (χ1n) is 8.55. The van der Waals surface area contributed by atoms with Crippen LogP contribution >= 0.6 is 0 Å². The maximum Gasteiger partial charge on any atom is 0.253 e. The second-order valence-corrected chi connectivity index (χ2v) is 7.30. The van der Waals surface area contributed by atoms with Gasteiger partial charge >= 0.3 is 0 Å². The van der Waals surface area contributed by atoms with Crippen LogP contribution in [0.3, 0.4) is 0 Å². The minimum absolute atomic E-state index is 0.0533. The highest BCUT2D eigenvalue weighted by Crippen LogP contribution is 2.22. The van der Waals surface area contributed by atoms with Gasteiger partial charge in [-0.25, -0.2) is 0 Å². The average Bonchev–Trinajstić information content (AvgIpc) is 2.86. The van der Waals surface area contributed by atoms with Gasteiger partial charge in [-0.3, -0.25) is 9.59 Å². The van der Waals surface area contributed by atoms with Gasteiger partial charge in [0.2, 0.25) is 5.91 Å². The summed E-state index contributed by atoms with van der Waals surface area (Å²) in [7, 11) is 1.62. The number of hydrogen-bond donors (Lipinski definition) is 2. The van der Waals surface area contributed by atoms with Crippen LogP contribution in [0.4, 0.5) is 0 Å². The van der Waals surface area contributed by atoms with E-state index in [0.29, 0.717) is 5.56 Å². The predicted octanol–water partition coefficient (Wildman–Crippen LogP) is 2.75. The molecule has 2 amide bonds. The fourth-order valence-electron chi connectivity index (χ4n) is 2.84. The van der Waals surface area contributed by atoms with Gasteiger partial charge in [0.15, 0.2) is 0 Å². The summed E-state index contributed by atoms with van der Waals surface area (Å²) in [5.41, 5.74) is 2.94. The van der Waals surface area contributed by atoms with Crippen LogP contribution in [0.25, 0.3) is 5.69 Å². The van der Waals surface area contributed by atoms with Gasteiger partial charge < -0.3 is 19.9 Å². The molecule has 1 aromatic heterocycles. The van der Waals surface area contributed by atoms with Crippen LogP contribution in [0.5, 0.6) is 5.75 Å². The van der Waals surface area contributed by atoms with Crippen molar-refractivity contribution in [2.24, 2.45) is 0 Å².